The van der Waals surface area contributed by atoms with E-state index in [0.717, 1.165) is 30.4 Å². The van der Waals surface area contributed by atoms with E-state index in [2.05, 4.69) is 84.9 Å². The molecule has 0 unspecified atom stereocenters. The predicted octanol–water partition coefficient (Wildman–Crippen LogP) is 8.35. The van der Waals surface area contributed by atoms with Crippen LogP contribution in [0.15, 0.2) is 84.9 Å². The van der Waals surface area contributed by atoms with Crippen molar-refractivity contribution in [2.24, 2.45) is 0 Å². The molecule has 5 aromatic rings. The van der Waals surface area contributed by atoms with E-state index in [9.17, 15) is 0 Å². The summed E-state index contributed by atoms with van der Waals surface area (Å²) in [5, 5.41) is 37.4. The summed E-state index contributed by atoms with van der Waals surface area (Å²) in [4.78, 5) is 41.7. The zero-order chi connectivity index (χ0) is 28.1. The lowest BCUT2D eigenvalue weighted by Gasteiger charge is -2.07. The van der Waals surface area contributed by atoms with E-state index in [-0.39, 0.29) is 29.7 Å². The van der Waals surface area contributed by atoms with Crippen molar-refractivity contribution in [2.45, 2.75) is 29.7 Å². The fourth-order valence-corrected chi connectivity index (χ4v) is 3.39. The Kier molecular flexibility index (Phi) is 29.7. The van der Waals surface area contributed by atoms with Crippen LogP contribution in [0.2, 0.25) is 0 Å². The van der Waals surface area contributed by atoms with Crippen LogP contribution in [0.5, 0.6) is 0 Å². The number of hydrogen-bond acceptors (Lipinski definition) is 10. The minimum atomic E-state index is 0. The Labute approximate surface area is 239 Å². The maximum absolute atomic E-state index is 8.35. The van der Waals surface area contributed by atoms with E-state index in [0.29, 0.717) is 0 Å². The Morgan fingerprint density at radius 2 is 0.439 bits per heavy atom. The first-order valence-corrected chi connectivity index (χ1v) is 9.89. The highest BCUT2D eigenvalue weighted by atomic mass is 16.1. The maximum Gasteiger partial charge on any atom is 0.231 e. The SMILES string of the molecule is C.C.C.C.N=C=O.N=C=O.N=C=O.N=C=O.N=C=O.c1ccc2cc3cc4cc5ccccc5cc4cc3cc2c1. The van der Waals surface area contributed by atoms with E-state index < -0.39 is 0 Å². The Morgan fingerprint density at radius 3 is 0.585 bits per heavy atom. The molecule has 10 nitrogen and oxygen atoms in total. The highest BCUT2D eigenvalue weighted by Gasteiger charge is 2.02. The van der Waals surface area contributed by atoms with E-state index >= 15 is 0 Å². The molecule has 41 heavy (non-hydrogen) atoms. The molecular weight excluding hydrogens is 522 g/mol. The predicted molar refractivity (Wildman–Crippen MR) is 165 cm³/mol. The third-order valence-electron chi connectivity index (χ3n) is 4.52. The number of rotatable bonds is 0. The molecule has 0 atom stereocenters. The van der Waals surface area contributed by atoms with Gasteiger partial charge in [0.05, 0.1) is 0 Å². The van der Waals surface area contributed by atoms with Crippen LogP contribution in [-0.4, -0.2) is 30.4 Å². The first-order valence-electron chi connectivity index (χ1n) is 9.89. The molecule has 10 heteroatoms. The number of fused-ring (bicyclic) bond motifs is 4. The van der Waals surface area contributed by atoms with Crippen molar-refractivity contribution in [1.82, 2.24) is 0 Å². The fourth-order valence-electron chi connectivity index (χ4n) is 3.39. The highest BCUT2D eigenvalue weighted by Crippen LogP contribution is 2.29. The molecule has 0 spiro atoms. The molecule has 5 N–H and O–H groups in total. The molecule has 0 aliphatic carbocycles. The van der Waals surface area contributed by atoms with Crippen molar-refractivity contribution in [1.29, 1.82) is 27.0 Å². The standard InChI is InChI=1S/C22H14.5CHNO.4CH4/c1-2-6-16-10-20-14-22-12-18-8-4-3-7-17(18)11-21(22)13-19(20)9-15(16)5-1;5*2-1-3;;;;/h1-14H;5*2H;4*1H4. The molecular formula is C31H35N5O5. The molecule has 5 aromatic carbocycles. The Bertz CT molecular complexity index is 1400. The van der Waals surface area contributed by atoms with Gasteiger partial charge in [0, 0.05) is 0 Å². The van der Waals surface area contributed by atoms with E-state index in [1.807, 2.05) is 0 Å². The van der Waals surface area contributed by atoms with Gasteiger partial charge in [0.15, 0.2) is 0 Å². The van der Waals surface area contributed by atoms with Gasteiger partial charge in [0.25, 0.3) is 0 Å². The van der Waals surface area contributed by atoms with Crippen molar-refractivity contribution in [3.05, 3.63) is 84.9 Å². The van der Waals surface area contributed by atoms with Crippen LogP contribution in [0, 0.1) is 27.0 Å². The molecule has 214 valence electrons. The largest absolute Gasteiger partial charge is 0.231 e. The second-order valence-electron chi connectivity index (χ2n) is 6.46. The van der Waals surface area contributed by atoms with Crippen LogP contribution >= 0.6 is 0 Å². The van der Waals surface area contributed by atoms with Gasteiger partial charge in [-0.25, -0.2) is 51.0 Å². The summed E-state index contributed by atoms with van der Waals surface area (Å²) < 4.78 is 0. The van der Waals surface area contributed by atoms with Crippen LogP contribution < -0.4 is 0 Å². The van der Waals surface area contributed by atoms with Gasteiger partial charge in [-0.05, 0) is 79.5 Å². The topological polar surface area (TPSA) is 205 Å². The molecule has 0 saturated carbocycles. The number of benzene rings is 5. The van der Waals surface area contributed by atoms with Crippen molar-refractivity contribution in [2.75, 3.05) is 0 Å². The molecule has 0 saturated heterocycles. The fraction of sp³-hybridized carbons (Fsp3) is 0.129. The first kappa shape index (κ1) is 45.0. The van der Waals surface area contributed by atoms with E-state index in [1.54, 1.807) is 0 Å². The second kappa shape index (κ2) is 27.1. The Hall–Kier alpha value is -5.96. The Balaban J connectivity index is -0.000000196. The molecule has 0 aliphatic rings. The third-order valence-corrected chi connectivity index (χ3v) is 4.52. The Morgan fingerprint density at radius 1 is 0.317 bits per heavy atom. The zero-order valence-electron chi connectivity index (χ0n) is 19.1. The lowest BCUT2D eigenvalue weighted by Crippen LogP contribution is -1.80. The lowest BCUT2D eigenvalue weighted by molar-refractivity contribution is 0.562. The van der Waals surface area contributed by atoms with Gasteiger partial charge >= 0.3 is 0 Å². The van der Waals surface area contributed by atoms with Gasteiger partial charge < -0.3 is 0 Å². The highest BCUT2D eigenvalue weighted by molar-refractivity contribution is 6.08. The summed E-state index contributed by atoms with van der Waals surface area (Å²) in [5.41, 5.74) is 0. The quantitative estimate of drug-likeness (QED) is 0.0720. The van der Waals surface area contributed by atoms with Crippen LogP contribution in [0.1, 0.15) is 29.7 Å². The molecule has 0 heterocycles. The van der Waals surface area contributed by atoms with Gasteiger partial charge in [0.2, 0.25) is 30.4 Å². The van der Waals surface area contributed by atoms with E-state index in [4.69, 9.17) is 51.0 Å². The molecule has 0 aromatic heterocycles. The summed E-state index contributed by atoms with van der Waals surface area (Å²) in [6.45, 7) is 0. The van der Waals surface area contributed by atoms with Crippen molar-refractivity contribution < 1.29 is 24.0 Å². The average Bonchev–Trinajstić information content (AvgIpc) is 2.87. The summed E-state index contributed by atoms with van der Waals surface area (Å²) in [6, 6.07) is 30.9. The smallest absolute Gasteiger partial charge is 0.222 e. The number of nitrogens with one attached hydrogen (secondary N) is 5. The number of isocyanates is 5. The first-order chi connectivity index (χ1) is 17.9. The zero-order valence-corrected chi connectivity index (χ0v) is 19.1. The van der Waals surface area contributed by atoms with Crippen LogP contribution in [0.4, 0.5) is 0 Å². The molecule has 0 fully saturated rings. The molecule has 0 bridgehead atoms. The van der Waals surface area contributed by atoms with Gasteiger partial charge in [0.1, 0.15) is 0 Å². The minimum Gasteiger partial charge on any atom is -0.222 e. The summed E-state index contributed by atoms with van der Waals surface area (Å²) in [6.07, 6.45) is 3.75. The normalized spacial score (nSPS) is 7.22. The van der Waals surface area contributed by atoms with Crippen LogP contribution in [-0.2, 0) is 24.0 Å². The molecule has 0 aliphatic heterocycles. The number of carbonyl (C=O) groups excluding carboxylic acids is 5. The summed E-state index contributed by atoms with van der Waals surface area (Å²) in [7, 11) is 0. The molecule has 0 amide bonds. The van der Waals surface area contributed by atoms with Crippen LogP contribution in [0.3, 0.4) is 0 Å². The number of hydrogen-bond donors (Lipinski definition) is 5. The van der Waals surface area contributed by atoms with Gasteiger partial charge in [-0.3, -0.25) is 0 Å². The van der Waals surface area contributed by atoms with Crippen molar-refractivity contribution in [3.63, 3.8) is 0 Å². The van der Waals surface area contributed by atoms with Crippen molar-refractivity contribution >= 4 is 73.5 Å². The van der Waals surface area contributed by atoms with Crippen LogP contribution in [0.25, 0.3) is 43.1 Å². The molecule has 5 rings (SSSR count). The van der Waals surface area contributed by atoms with Gasteiger partial charge in [-0.1, -0.05) is 78.2 Å². The minimum absolute atomic E-state index is 0. The monoisotopic (exact) mass is 557 g/mol. The lowest BCUT2D eigenvalue weighted by atomic mass is 9.97. The second-order valence-corrected chi connectivity index (χ2v) is 6.46. The summed E-state index contributed by atoms with van der Waals surface area (Å²) >= 11 is 0. The third kappa shape index (κ3) is 15.1. The molecule has 0 radical (unpaired) electrons. The average molecular weight is 558 g/mol. The summed E-state index contributed by atoms with van der Waals surface area (Å²) in [5.74, 6) is 0. The van der Waals surface area contributed by atoms with E-state index in [1.165, 1.54) is 43.1 Å². The van der Waals surface area contributed by atoms with Gasteiger partial charge in [-0.15, -0.1) is 0 Å². The van der Waals surface area contributed by atoms with Crippen molar-refractivity contribution in [3.8, 4) is 0 Å². The van der Waals surface area contributed by atoms with Gasteiger partial charge in [-0.2, -0.15) is 0 Å². The maximum atomic E-state index is 8.35.